The summed E-state index contributed by atoms with van der Waals surface area (Å²) in [7, 11) is 0. The third kappa shape index (κ3) is 1.77. The van der Waals surface area contributed by atoms with Gasteiger partial charge in [0.25, 0.3) is 11.8 Å². The second-order valence-electron chi connectivity index (χ2n) is 5.44. The van der Waals surface area contributed by atoms with Gasteiger partial charge in [-0.3, -0.25) is 9.59 Å². The van der Waals surface area contributed by atoms with Gasteiger partial charge in [0.05, 0.1) is 0 Å². The second-order valence-corrected chi connectivity index (χ2v) is 5.44. The molecule has 0 radical (unpaired) electrons. The van der Waals surface area contributed by atoms with Crippen LogP contribution in [0.1, 0.15) is 12.5 Å². The fourth-order valence-corrected chi connectivity index (χ4v) is 2.93. The number of carbonyl (C=O) groups is 2. The summed E-state index contributed by atoms with van der Waals surface area (Å²) >= 11 is 0. The van der Waals surface area contributed by atoms with Crippen LogP contribution in [0, 0.1) is 0 Å². The lowest BCUT2D eigenvalue weighted by Gasteiger charge is -2.31. The molecule has 2 aliphatic heterocycles. The van der Waals surface area contributed by atoms with Gasteiger partial charge >= 0.3 is 0 Å². The molecular formula is C18H13NO3. The van der Waals surface area contributed by atoms with Gasteiger partial charge in [-0.15, -0.1) is 0 Å². The van der Waals surface area contributed by atoms with E-state index < -0.39 is 6.23 Å². The first-order chi connectivity index (χ1) is 10.6. The number of hydrogen-bond donors (Lipinski definition) is 0. The number of carbonyl (C=O) groups excluding carboxylic acids is 2. The summed E-state index contributed by atoms with van der Waals surface area (Å²) in [6.07, 6.45) is 3.83. The molecule has 1 unspecified atom stereocenters. The molecule has 0 bridgehead atoms. The van der Waals surface area contributed by atoms with Crippen LogP contribution in [0.25, 0.3) is 16.8 Å². The lowest BCUT2D eigenvalue weighted by atomic mass is 10.0. The number of benzene rings is 2. The van der Waals surface area contributed by atoms with Crippen LogP contribution in [0.3, 0.4) is 0 Å². The second kappa shape index (κ2) is 4.56. The SMILES string of the molecule is CC1=Cc2ccc3ccccc3c2OC1N1C(=O)C=CC1=O. The zero-order valence-electron chi connectivity index (χ0n) is 11.9. The standard InChI is InChI=1S/C18H13NO3/c1-11-10-13-7-6-12-4-2-3-5-14(12)17(13)22-18(11)19-15(20)8-9-16(19)21/h2-10,18H,1H3. The van der Waals surface area contributed by atoms with E-state index >= 15 is 0 Å². The van der Waals surface area contributed by atoms with Crippen LogP contribution in [-0.2, 0) is 9.59 Å². The van der Waals surface area contributed by atoms with Crippen LogP contribution in [0.5, 0.6) is 5.75 Å². The number of nitrogens with zero attached hydrogens (tertiary/aromatic N) is 1. The highest BCUT2D eigenvalue weighted by molar-refractivity contribution is 6.13. The summed E-state index contributed by atoms with van der Waals surface area (Å²) in [5, 5.41) is 2.03. The Morgan fingerprint density at radius 3 is 2.50 bits per heavy atom. The van der Waals surface area contributed by atoms with Gasteiger partial charge in [0.1, 0.15) is 5.75 Å². The summed E-state index contributed by atoms with van der Waals surface area (Å²) in [6.45, 7) is 1.86. The van der Waals surface area contributed by atoms with E-state index in [0.717, 1.165) is 26.8 Å². The molecule has 2 aromatic carbocycles. The van der Waals surface area contributed by atoms with Crippen molar-refractivity contribution < 1.29 is 14.3 Å². The van der Waals surface area contributed by atoms with Crippen molar-refractivity contribution in [1.29, 1.82) is 0 Å². The fourth-order valence-electron chi connectivity index (χ4n) is 2.93. The Morgan fingerprint density at radius 1 is 1.00 bits per heavy atom. The molecule has 2 amide bonds. The molecule has 22 heavy (non-hydrogen) atoms. The molecule has 0 fully saturated rings. The van der Waals surface area contributed by atoms with Crippen molar-refractivity contribution >= 4 is 28.7 Å². The number of amides is 2. The van der Waals surface area contributed by atoms with E-state index in [1.54, 1.807) is 0 Å². The third-order valence-corrected chi connectivity index (χ3v) is 3.99. The normalized spacial score (nSPS) is 20.1. The molecule has 0 aromatic heterocycles. The summed E-state index contributed by atoms with van der Waals surface area (Å²) in [4.78, 5) is 25.0. The maximum Gasteiger partial charge on any atom is 0.256 e. The lowest BCUT2D eigenvalue weighted by Crippen LogP contribution is -2.45. The maximum atomic E-state index is 11.9. The lowest BCUT2D eigenvalue weighted by molar-refractivity contribution is -0.144. The van der Waals surface area contributed by atoms with Crippen molar-refractivity contribution in [3.8, 4) is 5.75 Å². The molecule has 0 aliphatic carbocycles. The van der Waals surface area contributed by atoms with Crippen LogP contribution >= 0.6 is 0 Å². The molecule has 4 heteroatoms. The van der Waals surface area contributed by atoms with Crippen molar-refractivity contribution in [3.05, 3.63) is 59.7 Å². The van der Waals surface area contributed by atoms with Crippen LogP contribution in [0.15, 0.2) is 54.1 Å². The summed E-state index contributed by atoms with van der Waals surface area (Å²) in [5.74, 6) is 0.0269. The first-order valence-corrected chi connectivity index (χ1v) is 7.07. The Kier molecular flexibility index (Phi) is 2.66. The topological polar surface area (TPSA) is 46.6 Å². The van der Waals surface area contributed by atoms with E-state index in [1.165, 1.54) is 12.2 Å². The highest BCUT2D eigenvalue weighted by atomic mass is 16.5. The molecule has 0 N–H and O–H groups in total. The van der Waals surface area contributed by atoms with Crippen molar-refractivity contribution in [2.24, 2.45) is 0 Å². The van der Waals surface area contributed by atoms with E-state index in [4.69, 9.17) is 4.74 Å². The first kappa shape index (κ1) is 12.8. The predicted octanol–water partition coefficient (Wildman–Crippen LogP) is 2.89. The van der Waals surface area contributed by atoms with E-state index in [0.29, 0.717) is 5.75 Å². The van der Waals surface area contributed by atoms with Gasteiger partial charge in [0.15, 0.2) is 0 Å². The van der Waals surface area contributed by atoms with Gasteiger partial charge in [-0.1, -0.05) is 36.4 Å². The highest BCUT2D eigenvalue weighted by Gasteiger charge is 2.36. The molecule has 0 saturated heterocycles. The maximum absolute atomic E-state index is 11.9. The largest absolute Gasteiger partial charge is 0.465 e. The minimum absolute atomic E-state index is 0.341. The summed E-state index contributed by atoms with van der Waals surface area (Å²) in [5.41, 5.74) is 1.78. The number of rotatable bonds is 1. The van der Waals surface area contributed by atoms with E-state index in [9.17, 15) is 9.59 Å². The van der Waals surface area contributed by atoms with Gasteiger partial charge in [-0.05, 0) is 24.0 Å². The quantitative estimate of drug-likeness (QED) is 0.759. The fraction of sp³-hybridized carbons (Fsp3) is 0.111. The van der Waals surface area contributed by atoms with Crippen molar-refractivity contribution in [1.82, 2.24) is 4.90 Å². The number of imide groups is 1. The average molecular weight is 291 g/mol. The minimum Gasteiger partial charge on any atom is -0.465 e. The van der Waals surface area contributed by atoms with E-state index in [-0.39, 0.29) is 11.8 Å². The number of ether oxygens (including phenoxy) is 1. The van der Waals surface area contributed by atoms with E-state index in [2.05, 4.69) is 0 Å². The third-order valence-electron chi connectivity index (χ3n) is 3.99. The predicted molar refractivity (Wildman–Crippen MR) is 83.0 cm³/mol. The zero-order chi connectivity index (χ0) is 15.3. The zero-order valence-corrected chi connectivity index (χ0v) is 11.9. The van der Waals surface area contributed by atoms with Gasteiger partial charge in [0, 0.05) is 23.1 Å². The van der Waals surface area contributed by atoms with Crippen molar-refractivity contribution in [3.63, 3.8) is 0 Å². The molecule has 4 rings (SSSR count). The van der Waals surface area contributed by atoms with Crippen molar-refractivity contribution in [2.45, 2.75) is 13.2 Å². The molecule has 2 heterocycles. The minimum atomic E-state index is -0.687. The monoisotopic (exact) mass is 291 g/mol. The van der Waals surface area contributed by atoms with E-state index in [1.807, 2.05) is 49.4 Å². The summed E-state index contributed by atoms with van der Waals surface area (Å²) < 4.78 is 6.06. The number of hydrogen-bond acceptors (Lipinski definition) is 3. The smallest absolute Gasteiger partial charge is 0.256 e. The Bertz CT molecular complexity index is 861. The van der Waals surface area contributed by atoms with Gasteiger partial charge < -0.3 is 4.74 Å². The Labute approximate surface area is 127 Å². The Balaban J connectivity index is 1.84. The molecule has 2 aromatic rings. The molecule has 0 saturated carbocycles. The molecule has 4 nitrogen and oxygen atoms in total. The highest BCUT2D eigenvalue weighted by Crippen LogP contribution is 2.37. The summed E-state index contributed by atoms with van der Waals surface area (Å²) in [6, 6.07) is 11.9. The van der Waals surface area contributed by atoms with Crippen LogP contribution in [-0.4, -0.2) is 22.9 Å². The molecule has 0 spiro atoms. The van der Waals surface area contributed by atoms with Crippen LogP contribution in [0.4, 0.5) is 0 Å². The van der Waals surface area contributed by atoms with Gasteiger partial charge in [-0.25, -0.2) is 4.90 Å². The van der Waals surface area contributed by atoms with Crippen LogP contribution in [0.2, 0.25) is 0 Å². The van der Waals surface area contributed by atoms with Crippen LogP contribution < -0.4 is 4.74 Å². The molecular weight excluding hydrogens is 278 g/mol. The Morgan fingerprint density at radius 2 is 1.73 bits per heavy atom. The van der Waals surface area contributed by atoms with Gasteiger partial charge in [-0.2, -0.15) is 0 Å². The Hall–Kier alpha value is -2.88. The van der Waals surface area contributed by atoms with Crippen molar-refractivity contribution in [2.75, 3.05) is 0 Å². The van der Waals surface area contributed by atoms with Gasteiger partial charge in [0.2, 0.25) is 6.23 Å². The average Bonchev–Trinajstić information content (AvgIpc) is 2.85. The molecule has 2 aliphatic rings. The molecule has 1 atom stereocenters. The number of fused-ring (bicyclic) bond motifs is 3. The first-order valence-electron chi connectivity index (χ1n) is 7.07. The molecule has 108 valence electrons.